The number of piperazine rings is 1. The summed E-state index contributed by atoms with van der Waals surface area (Å²) >= 11 is 6.87. The molecule has 0 aromatic heterocycles. The molecular weight excluding hydrogens is 400 g/mol. The number of nitrogens with zero attached hydrogens (tertiary/aromatic N) is 1. The highest BCUT2D eigenvalue weighted by atomic mass is 79.9. The Morgan fingerprint density at radius 2 is 1.95 bits per heavy atom. The molecule has 1 heterocycles. The molecule has 114 valence electrons. The van der Waals surface area contributed by atoms with Gasteiger partial charge < -0.3 is 5.32 Å². The molecule has 6 heteroatoms. The van der Waals surface area contributed by atoms with Crippen molar-refractivity contribution in [1.29, 1.82) is 0 Å². The lowest BCUT2D eigenvalue weighted by atomic mass is 9.98. The van der Waals surface area contributed by atoms with Gasteiger partial charge in [0.05, 0.1) is 5.69 Å². The molecule has 2 unspecified atom stereocenters. The van der Waals surface area contributed by atoms with Gasteiger partial charge in [0.15, 0.2) is 0 Å². The van der Waals surface area contributed by atoms with Gasteiger partial charge in [0.1, 0.15) is 12.1 Å². The monoisotopic (exact) mass is 416 g/mol. The van der Waals surface area contributed by atoms with E-state index in [1.807, 2.05) is 32.0 Å². The molecule has 2 rings (SSSR count). The second-order valence-electron chi connectivity index (χ2n) is 5.67. The quantitative estimate of drug-likeness (QED) is 0.818. The first-order valence-electron chi connectivity index (χ1n) is 6.89. The second kappa shape index (κ2) is 6.48. The number of halogens is 2. The van der Waals surface area contributed by atoms with Gasteiger partial charge in [-0.3, -0.25) is 14.5 Å². The fourth-order valence-corrected chi connectivity index (χ4v) is 3.70. The third-order valence-electron chi connectivity index (χ3n) is 3.50. The van der Waals surface area contributed by atoms with E-state index in [1.54, 1.807) is 11.8 Å². The minimum absolute atomic E-state index is 0.0566. The lowest BCUT2D eigenvalue weighted by Gasteiger charge is -2.38. The molecule has 1 aliphatic rings. The van der Waals surface area contributed by atoms with Crippen LogP contribution in [0.15, 0.2) is 27.1 Å². The Kier molecular flexibility index (Phi) is 5.09. The van der Waals surface area contributed by atoms with Gasteiger partial charge in [0.2, 0.25) is 11.8 Å². The van der Waals surface area contributed by atoms with Gasteiger partial charge in [-0.15, -0.1) is 0 Å². The third kappa shape index (κ3) is 3.48. The van der Waals surface area contributed by atoms with Crippen LogP contribution in [0.4, 0.5) is 5.69 Å². The highest BCUT2D eigenvalue weighted by Crippen LogP contribution is 2.32. The topological polar surface area (TPSA) is 49.4 Å². The maximum absolute atomic E-state index is 12.7. The molecule has 2 atom stereocenters. The first-order chi connectivity index (χ1) is 9.81. The van der Waals surface area contributed by atoms with Crippen molar-refractivity contribution in [3.8, 4) is 0 Å². The van der Waals surface area contributed by atoms with Crippen molar-refractivity contribution >= 4 is 49.4 Å². The zero-order valence-corrected chi connectivity index (χ0v) is 15.4. The summed E-state index contributed by atoms with van der Waals surface area (Å²) in [6, 6.07) is 4.61. The first-order valence-corrected chi connectivity index (χ1v) is 8.48. The minimum atomic E-state index is -0.515. The molecule has 0 saturated carbocycles. The van der Waals surface area contributed by atoms with Crippen molar-refractivity contribution in [2.24, 2.45) is 5.92 Å². The Hall–Kier alpha value is -0.880. The number of anilines is 1. The summed E-state index contributed by atoms with van der Waals surface area (Å²) in [5.41, 5.74) is 0.722. The number of hydrogen-bond acceptors (Lipinski definition) is 2. The van der Waals surface area contributed by atoms with Crippen molar-refractivity contribution in [3.05, 3.63) is 27.1 Å². The van der Waals surface area contributed by atoms with Gasteiger partial charge in [0, 0.05) is 8.95 Å². The van der Waals surface area contributed by atoms with E-state index in [2.05, 4.69) is 37.2 Å². The van der Waals surface area contributed by atoms with E-state index in [9.17, 15) is 9.59 Å². The van der Waals surface area contributed by atoms with Crippen LogP contribution >= 0.6 is 31.9 Å². The fourth-order valence-electron chi connectivity index (χ4n) is 2.47. The van der Waals surface area contributed by atoms with E-state index in [0.29, 0.717) is 12.3 Å². The van der Waals surface area contributed by atoms with Crippen LogP contribution in [0.1, 0.15) is 27.2 Å². The molecule has 2 amide bonds. The summed E-state index contributed by atoms with van der Waals surface area (Å²) in [5.74, 6) is 0.164. The number of carbonyl (C=O) groups is 2. The van der Waals surface area contributed by atoms with Crippen LogP contribution in [0.2, 0.25) is 0 Å². The predicted molar refractivity (Wildman–Crippen MR) is 90.2 cm³/mol. The molecule has 1 N–H and O–H groups in total. The standard InChI is InChI=1S/C15H18Br2N2O2/c1-8(2)6-12-15(21)19(9(3)14(20)18-12)13-5-4-10(16)7-11(13)17/h4-5,7-9,12H,6H2,1-3H3,(H,18,20). The van der Waals surface area contributed by atoms with E-state index < -0.39 is 12.1 Å². The number of hydrogen-bond donors (Lipinski definition) is 1. The van der Waals surface area contributed by atoms with Crippen LogP contribution in [-0.4, -0.2) is 23.9 Å². The molecule has 0 spiro atoms. The van der Waals surface area contributed by atoms with E-state index >= 15 is 0 Å². The molecule has 4 nitrogen and oxygen atoms in total. The van der Waals surface area contributed by atoms with Crippen molar-refractivity contribution < 1.29 is 9.59 Å². The minimum Gasteiger partial charge on any atom is -0.342 e. The van der Waals surface area contributed by atoms with Gasteiger partial charge >= 0.3 is 0 Å². The fraction of sp³-hybridized carbons (Fsp3) is 0.467. The summed E-state index contributed by atoms with van der Waals surface area (Å²) in [6.07, 6.45) is 0.641. The predicted octanol–water partition coefficient (Wildman–Crippen LogP) is 3.48. The molecule has 0 radical (unpaired) electrons. The zero-order chi connectivity index (χ0) is 15.7. The number of nitrogens with one attached hydrogen (secondary N) is 1. The normalized spacial score (nSPS) is 22.7. The van der Waals surface area contributed by atoms with Gasteiger partial charge in [-0.05, 0) is 53.4 Å². The van der Waals surface area contributed by atoms with Crippen LogP contribution in [0.25, 0.3) is 0 Å². The molecule has 1 aromatic carbocycles. The number of benzene rings is 1. The smallest absolute Gasteiger partial charge is 0.250 e. The van der Waals surface area contributed by atoms with Crippen LogP contribution in [-0.2, 0) is 9.59 Å². The van der Waals surface area contributed by atoms with E-state index in [4.69, 9.17) is 0 Å². The summed E-state index contributed by atoms with van der Waals surface area (Å²) in [4.78, 5) is 26.5. The maximum atomic E-state index is 12.7. The Labute approximate surface area is 141 Å². The van der Waals surface area contributed by atoms with E-state index in [-0.39, 0.29) is 11.8 Å². The van der Waals surface area contributed by atoms with E-state index in [1.165, 1.54) is 0 Å². The molecule has 21 heavy (non-hydrogen) atoms. The Bertz CT molecular complexity index is 575. The molecule has 0 bridgehead atoms. The van der Waals surface area contributed by atoms with Crippen molar-refractivity contribution in [1.82, 2.24) is 5.32 Å². The third-order valence-corrected chi connectivity index (χ3v) is 4.62. The van der Waals surface area contributed by atoms with Crippen LogP contribution in [0.5, 0.6) is 0 Å². The van der Waals surface area contributed by atoms with Crippen molar-refractivity contribution in [2.45, 2.75) is 39.3 Å². The van der Waals surface area contributed by atoms with Gasteiger partial charge in [-0.1, -0.05) is 29.8 Å². The molecule has 1 aromatic rings. The SMILES string of the molecule is CC(C)CC1NC(=O)C(C)N(c2ccc(Br)cc2Br)C1=O. The maximum Gasteiger partial charge on any atom is 0.250 e. The van der Waals surface area contributed by atoms with Gasteiger partial charge in [-0.25, -0.2) is 0 Å². The average Bonchev–Trinajstić information content (AvgIpc) is 2.38. The van der Waals surface area contributed by atoms with Crippen molar-refractivity contribution in [3.63, 3.8) is 0 Å². The average molecular weight is 418 g/mol. The Morgan fingerprint density at radius 1 is 1.29 bits per heavy atom. The van der Waals surface area contributed by atoms with Gasteiger partial charge in [-0.2, -0.15) is 0 Å². The summed E-state index contributed by atoms with van der Waals surface area (Å²) in [6.45, 7) is 5.82. The Morgan fingerprint density at radius 3 is 2.52 bits per heavy atom. The number of amides is 2. The van der Waals surface area contributed by atoms with Gasteiger partial charge in [0.25, 0.3) is 0 Å². The lowest BCUT2D eigenvalue weighted by molar-refractivity contribution is -0.133. The summed E-state index contributed by atoms with van der Waals surface area (Å²) in [5, 5.41) is 2.82. The largest absolute Gasteiger partial charge is 0.342 e. The molecule has 1 aliphatic heterocycles. The molecule has 1 fully saturated rings. The highest BCUT2D eigenvalue weighted by molar-refractivity contribution is 9.11. The molecule has 1 saturated heterocycles. The molecular formula is C15H18Br2N2O2. The highest BCUT2D eigenvalue weighted by Gasteiger charge is 2.39. The lowest BCUT2D eigenvalue weighted by Crippen LogP contribution is -2.63. The summed E-state index contributed by atoms with van der Waals surface area (Å²) < 4.78 is 1.70. The number of carbonyl (C=O) groups excluding carboxylic acids is 2. The van der Waals surface area contributed by atoms with Crippen LogP contribution in [0.3, 0.4) is 0 Å². The van der Waals surface area contributed by atoms with Crippen LogP contribution < -0.4 is 10.2 Å². The van der Waals surface area contributed by atoms with Crippen molar-refractivity contribution in [2.75, 3.05) is 4.90 Å². The van der Waals surface area contributed by atoms with E-state index in [0.717, 1.165) is 14.6 Å². The second-order valence-corrected chi connectivity index (χ2v) is 7.44. The molecule has 0 aliphatic carbocycles. The first kappa shape index (κ1) is 16.5. The Balaban J connectivity index is 2.38. The summed E-state index contributed by atoms with van der Waals surface area (Å²) in [7, 11) is 0. The van der Waals surface area contributed by atoms with Crippen LogP contribution in [0, 0.1) is 5.92 Å². The number of rotatable bonds is 3. The zero-order valence-electron chi connectivity index (χ0n) is 12.2.